The molecule has 1 saturated heterocycles. The molecule has 0 radical (unpaired) electrons. The maximum atomic E-state index is 6.00. The predicted molar refractivity (Wildman–Crippen MR) is 46.4 cm³/mol. The molecule has 11 heavy (non-hydrogen) atoms. The van der Waals surface area contributed by atoms with Crippen LogP contribution in [-0.2, 0) is 0 Å². The Morgan fingerprint density at radius 1 is 1.45 bits per heavy atom. The third-order valence-electron chi connectivity index (χ3n) is 3.05. The van der Waals surface area contributed by atoms with E-state index in [2.05, 4.69) is 5.32 Å². The molecule has 2 aliphatic rings. The molecule has 1 unspecified atom stereocenters. The van der Waals surface area contributed by atoms with Crippen molar-refractivity contribution in [1.29, 1.82) is 0 Å². The number of hydrogen-bond donors (Lipinski definition) is 2. The van der Waals surface area contributed by atoms with E-state index in [4.69, 9.17) is 5.73 Å². The van der Waals surface area contributed by atoms with Gasteiger partial charge in [0.1, 0.15) is 0 Å². The Labute approximate surface area is 68.5 Å². The summed E-state index contributed by atoms with van der Waals surface area (Å²) in [4.78, 5) is 0. The Morgan fingerprint density at radius 3 is 2.82 bits per heavy atom. The first kappa shape index (κ1) is 7.56. The molecular weight excluding hydrogens is 136 g/mol. The molecule has 0 bridgehead atoms. The zero-order chi connectivity index (χ0) is 7.73. The van der Waals surface area contributed by atoms with E-state index in [1.165, 1.54) is 45.1 Å². The Hall–Kier alpha value is -0.0800. The van der Waals surface area contributed by atoms with Crippen molar-refractivity contribution in [3.63, 3.8) is 0 Å². The highest BCUT2D eigenvalue weighted by molar-refractivity contribution is 4.99. The minimum absolute atomic E-state index is 0.268. The molecule has 3 N–H and O–H groups in total. The lowest BCUT2D eigenvalue weighted by Gasteiger charge is -2.13. The summed E-state index contributed by atoms with van der Waals surface area (Å²) in [5, 5.41) is 3.50. The van der Waals surface area contributed by atoms with Crippen LogP contribution in [0.15, 0.2) is 0 Å². The molecule has 1 heterocycles. The molecule has 64 valence electrons. The third-order valence-corrected chi connectivity index (χ3v) is 3.05. The predicted octanol–water partition coefficient (Wildman–Crippen LogP) is 1.01. The van der Waals surface area contributed by atoms with Crippen molar-refractivity contribution in [2.45, 2.75) is 50.1 Å². The summed E-state index contributed by atoms with van der Waals surface area (Å²) in [5.74, 6) is 0. The normalized spacial score (nSPS) is 34.1. The number of rotatable bonds is 3. The van der Waals surface area contributed by atoms with Gasteiger partial charge in [0.15, 0.2) is 0 Å². The minimum Gasteiger partial charge on any atom is -0.325 e. The van der Waals surface area contributed by atoms with Crippen LogP contribution in [0, 0.1) is 0 Å². The van der Waals surface area contributed by atoms with E-state index in [-0.39, 0.29) is 5.54 Å². The van der Waals surface area contributed by atoms with Gasteiger partial charge in [-0.1, -0.05) is 0 Å². The summed E-state index contributed by atoms with van der Waals surface area (Å²) in [6.45, 7) is 1.22. The van der Waals surface area contributed by atoms with Gasteiger partial charge in [0, 0.05) is 11.6 Å². The Kier molecular flexibility index (Phi) is 1.90. The largest absolute Gasteiger partial charge is 0.325 e. The second kappa shape index (κ2) is 2.76. The monoisotopic (exact) mass is 154 g/mol. The second-order valence-electron chi connectivity index (χ2n) is 4.19. The van der Waals surface area contributed by atoms with Crippen molar-refractivity contribution >= 4 is 0 Å². The van der Waals surface area contributed by atoms with Crippen LogP contribution in [0.25, 0.3) is 0 Å². The average Bonchev–Trinajstić information content (AvgIpc) is 2.53. The first-order chi connectivity index (χ1) is 5.29. The molecule has 0 spiro atoms. The molecule has 2 heteroatoms. The van der Waals surface area contributed by atoms with Crippen LogP contribution in [0.3, 0.4) is 0 Å². The zero-order valence-corrected chi connectivity index (χ0v) is 7.10. The van der Waals surface area contributed by atoms with E-state index >= 15 is 0 Å². The van der Waals surface area contributed by atoms with Crippen molar-refractivity contribution in [2.24, 2.45) is 5.73 Å². The average molecular weight is 154 g/mol. The maximum absolute atomic E-state index is 6.00. The number of nitrogens with two attached hydrogens (primary N) is 1. The standard InChI is InChI=1S/C9H18N2/c10-9(5-6-9)4-3-8-2-1-7-11-8/h8,11H,1-7,10H2. The lowest BCUT2D eigenvalue weighted by Crippen LogP contribution is -2.27. The Balaban J connectivity index is 1.65. The molecule has 1 saturated carbocycles. The lowest BCUT2D eigenvalue weighted by molar-refractivity contribution is 0.482. The van der Waals surface area contributed by atoms with Gasteiger partial charge < -0.3 is 11.1 Å². The molecule has 2 rings (SSSR count). The first-order valence-corrected chi connectivity index (χ1v) is 4.81. The van der Waals surface area contributed by atoms with E-state index in [1.54, 1.807) is 0 Å². The van der Waals surface area contributed by atoms with Gasteiger partial charge in [-0.3, -0.25) is 0 Å². The van der Waals surface area contributed by atoms with Gasteiger partial charge in [0.05, 0.1) is 0 Å². The van der Waals surface area contributed by atoms with Crippen LogP contribution < -0.4 is 11.1 Å². The van der Waals surface area contributed by atoms with E-state index < -0.39 is 0 Å². The molecule has 0 aromatic heterocycles. The fraction of sp³-hybridized carbons (Fsp3) is 1.00. The highest BCUT2D eigenvalue weighted by Crippen LogP contribution is 2.37. The van der Waals surface area contributed by atoms with Crippen molar-refractivity contribution < 1.29 is 0 Å². The van der Waals surface area contributed by atoms with Crippen LogP contribution in [0.4, 0.5) is 0 Å². The fourth-order valence-electron chi connectivity index (χ4n) is 1.88. The summed E-state index contributed by atoms with van der Waals surface area (Å²) < 4.78 is 0. The molecule has 1 aliphatic heterocycles. The van der Waals surface area contributed by atoms with E-state index in [0.29, 0.717) is 0 Å². The number of nitrogens with one attached hydrogen (secondary N) is 1. The molecule has 1 aliphatic carbocycles. The summed E-state index contributed by atoms with van der Waals surface area (Å²) >= 11 is 0. The van der Waals surface area contributed by atoms with Crippen molar-refractivity contribution in [3.05, 3.63) is 0 Å². The topological polar surface area (TPSA) is 38.0 Å². The molecule has 2 fully saturated rings. The smallest absolute Gasteiger partial charge is 0.0156 e. The van der Waals surface area contributed by atoms with Crippen LogP contribution in [-0.4, -0.2) is 18.1 Å². The molecular formula is C9H18N2. The Bertz CT molecular complexity index is 134. The summed E-state index contributed by atoms with van der Waals surface area (Å²) in [6, 6.07) is 0.788. The van der Waals surface area contributed by atoms with Gasteiger partial charge >= 0.3 is 0 Å². The second-order valence-corrected chi connectivity index (χ2v) is 4.19. The third kappa shape index (κ3) is 1.94. The van der Waals surface area contributed by atoms with Gasteiger partial charge in [-0.25, -0.2) is 0 Å². The summed E-state index contributed by atoms with van der Waals surface area (Å²) in [6.07, 6.45) is 7.80. The van der Waals surface area contributed by atoms with Crippen molar-refractivity contribution in [1.82, 2.24) is 5.32 Å². The van der Waals surface area contributed by atoms with Crippen LogP contribution in [0.1, 0.15) is 38.5 Å². The Morgan fingerprint density at radius 2 is 2.27 bits per heavy atom. The minimum atomic E-state index is 0.268. The van der Waals surface area contributed by atoms with Gasteiger partial charge in [0.2, 0.25) is 0 Å². The summed E-state index contributed by atoms with van der Waals surface area (Å²) in [5.41, 5.74) is 6.27. The van der Waals surface area contributed by atoms with Crippen molar-refractivity contribution in [3.8, 4) is 0 Å². The van der Waals surface area contributed by atoms with E-state index in [0.717, 1.165) is 6.04 Å². The number of hydrogen-bond acceptors (Lipinski definition) is 2. The fourth-order valence-corrected chi connectivity index (χ4v) is 1.88. The molecule has 0 aromatic rings. The lowest BCUT2D eigenvalue weighted by atomic mass is 10.0. The van der Waals surface area contributed by atoms with Gasteiger partial charge in [0.25, 0.3) is 0 Å². The maximum Gasteiger partial charge on any atom is 0.0156 e. The summed E-state index contributed by atoms with van der Waals surface area (Å²) in [7, 11) is 0. The van der Waals surface area contributed by atoms with Crippen LogP contribution in [0.2, 0.25) is 0 Å². The van der Waals surface area contributed by atoms with Crippen LogP contribution in [0.5, 0.6) is 0 Å². The van der Waals surface area contributed by atoms with Gasteiger partial charge in [-0.15, -0.1) is 0 Å². The quantitative estimate of drug-likeness (QED) is 0.636. The van der Waals surface area contributed by atoms with Crippen LogP contribution >= 0.6 is 0 Å². The van der Waals surface area contributed by atoms with Gasteiger partial charge in [-0.05, 0) is 45.1 Å². The van der Waals surface area contributed by atoms with E-state index in [9.17, 15) is 0 Å². The SMILES string of the molecule is NC1(CCC2CCCN2)CC1. The molecule has 1 atom stereocenters. The highest BCUT2D eigenvalue weighted by atomic mass is 14.9. The molecule has 2 nitrogen and oxygen atoms in total. The van der Waals surface area contributed by atoms with E-state index in [1.807, 2.05) is 0 Å². The molecule has 0 amide bonds. The highest BCUT2D eigenvalue weighted by Gasteiger charge is 2.37. The zero-order valence-electron chi connectivity index (χ0n) is 7.10. The molecule has 0 aromatic carbocycles. The first-order valence-electron chi connectivity index (χ1n) is 4.81. The van der Waals surface area contributed by atoms with Gasteiger partial charge in [-0.2, -0.15) is 0 Å². The van der Waals surface area contributed by atoms with Crippen molar-refractivity contribution in [2.75, 3.05) is 6.54 Å².